The fourth-order valence-corrected chi connectivity index (χ4v) is 3.01. The monoisotopic (exact) mass is 341 g/mol. The highest BCUT2D eigenvalue weighted by Crippen LogP contribution is 2.22. The fraction of sp³-hybridized carbons (Fsp3) is 0.294. The van der Waals surface area contributed by atoms with Gasteiger partial charge in [-0.15, -0.1) is 5.10 Å². The molecule has 0 spiro atoms. The normalized spacial score (nSPS) is 12.3. The molecule has 0 fully saturated rings. The molecule has 1 atom stereocenters. The van der Waals surface area contributed by atoms with Gasteiger partial charge >= 0.3 is 0 Å². The summed E-state index contributed by atoms with van der Waals surface area (Å²) in [6.07, 6.45) is 0. The third-order valence-corrected chi connectivity index (χ3v) is 4.89. The molecule has 0 bridgehead atoms. The number of nitrogens with zero attached hydrogens (tertiary/aromatic N) is 4. The summed E-state index contributed by atoms with van der Waals surface area (Å²) in [5.41, 5.74) is 3.83. The minimum absolute atomic E-state index is 0.0814. The zero-order chi connectivity index (χ0) is 17.3. The zero-order valence-corrected chi connectivity index (χ0v) is 14.9. The molecule has 7 heteroatoms. The molecule has 0 unspecified atom stereocenters. The predicted octanol–water partition coefficient (Wildman–Crippen LogP) is 3.17. The van der Waals surface area contributed by atoms with Crippen molar-refractivity contribution >= 4 is 29.1 Å². The first-order chi connectivity index (χ1) is 11.5. The highest BCUT2D eigenvalue weighted by molar-refractivity contribution is 8.00. The lowest BCUT2D eigenvalue weighted by atomic mass is 10.2. The quantitative estimate of drug-likeness (QED) is 0.738. The second kappa shape index (κ2) is 6.60. The van der Waals surface area contributed by atoms with E-state index in [9.17, 15) is 4.79 Å². The Morgan fingerprint density at radius 2 is 1.88 bits per heavy atom. The maximum atomic E-state index is 12.3. The Morgan fingerprint density at radius 1 is 1.17 bits per heavy atom. The van der Waals surface area contributed by atoms with Gasteiger partial charge in [-0.25, -0.2) is 9.50 Å². The number of para-hydroxylation sites is 1. The van der Waals surface area contributed by atoms with Gasteiger partial charge in [0, 0.05) is 17.1 Å². The summed E-state index contributed by atoms with van der Waals surface area (Å²) in [6.45, 7) is 7.80. The van der Waals surface area contributed by atoms with E-state index < -0.39 is 0 Å². The standard InChI is InChI=1S/C17H19N5OS/c1-10-11(2)18-16-20-17(21-22(16)12(10)3)24-13(4)15(23)19-14-8-6-5-7-9-14/h5-9,13H,1-4H3,(H,19,23)/t13-/m1/s1. The first kappa shape index (κ1) is 16.4. The van der Waals surface area contributed by atoms with Crippen molar-refractivity contribution < 1.29 is 4.79 Å². The van der Waals surface area contributed by atoms with Gasteiger partial charge < -0.3 is 5.32 Å². The largest absolute Gasteiger partial charge is 0.325 e. The third kappa shape index (κ3) is 3.26. The molecule has 0 aliphatic rings. The van der Waals surface area contributed by atoms with Crippen LogP contribution >= 0.6 is 11.8 Å². The highest BCUT2D eigenvalue weighted by Gasteiger charge is 2.18. The maximum Gasteiger partial charge on any atom is 0.253 e. The van der Waals surface area contributed by atoms with E-state index in [2.05, 4.69) is 20.4 Å². The van der Waals surface area contributed by atoms with E-state index in [1.54, 1.807) is 4.52 Å². The van der Waals surface area contributed by atoms with Gasteiger partial charge in [0.25, 0.3) is 5.78 Å². The fourth-order valence-electron chi connectivity index (χ4n) is 2.26. The number of aromatic nitrogens is 4. The lowest BCUT2D eigenvalue weighted by Gasteiger charge is -2.09. The van der Waals surface area contributed by atoms with Crippen LogP contribution < -0.4 is 5.32 Å². The van der Waals surface area contributed by atoms with Crippen LogP contribution in [-0.4, -0.2) is 30.7 Å². The molecule has 1 N–H and O–H groups in total. The van der Waals surface area contributed by atoms with Crippen LogP contribution in [0, 0.1) is 20.8 Å². The van der Waals surface area contributed by atoms with E-state index in [0.29, 0.717) is 10.9 Å². The number of anilines is 1. The summed E-state index contributed by atoms with van der Waals surface area (Å²) in [6, 6.07) is 9.40. The Morgan fingerprint density at radius 3 is 2.58 bits per heavy atom. The van der Waals surface area contributed by atoms with E-state index in [0.717, 1.165) is 22.6 Å². The first-order valence-electron chi connectivity index (χ1n) is 7.69. The molecule has 1 aromatic carbocycles. The number of carbonyl (C=O) groups excluding carboxylic acids is 1. The lowest BCUT2D eigenvalue weighted by molar-refractivity contribution is -0.115. The number of rotatable bonds is 4. The van der Waals surface area contributed by atoms with E-state index >= 15 is 0 Å². The van der Waals surface area contributed by atoms with Crippen molar-refractivity contribution in [2.24, 2.45) is 0 Å². The Balaban J connectivity index is 1.77. The average Bonchev–Trinajstić information content (AvgIpc) is 2.96. The maximum absolute atomic E-state index is 12.3. The van der Waals surface area contributed by atoms with Crippen LogP contribution in [0.15, 0.2) is 35.5 Å². The molecular formula is C17H19N5OS. The molecule has 0 saturated heterocycles. The lowest BCUT2D eigenvalue weighted by Crippen LogP contribution is -2.22. The van der Waals surface area contributed by atoms with Gasteiger partial charge in [0.15, 0.2) is 0 Å². The number of hydrogen-bond donors (Lipinski definition) is 1. The van der Waals surface area contributed by atoms with E-state index in [1.165, 1.54) is 11.8 Å². The number of aryl methyl sites for hydroxylation is 2. The number of nitrogens with one attached hydrogen (secondary N) is 1. The minimum Gasteiger partial charge on any atom is -0.325 e. The van der Waals surface area contributed by atoms with Crippen LogP contribution in [0.1, 0.15) is 23.9 Å². The van der Waals surface area contributed by atoms with E-state index in [4.69, 9.17) is 0 Å². The Bertz CT molecular complexity index is 891. The molecule has 0 radical (unpaired) electrons. The molecule has 2 aromatic heterocycles. The van der Waals surface area contributed by atoms with Crippen LogP contribution in [0.2, 0.25) is 0 Å². The van der Waals surface area contributed by atoms with Crippen LogP contribution in [-0.2, 0) is 4.79 Å². The minimum atomic E-state index is -0.315. The van der Waals surface area contributed by atoms with Crippen molar-refractivity contribution in [1.82, 2.24) is 19.6 Å². The molecule has 3 rings (SSSR count). The number of amides is 1. The van der Waals surface area contributed by atoms with Gasteiger partial charge in [0.05, 0.1) is 5.25 Å². The Kier molecular flexibility index (Phi) is 4.53. The van der Waals surface area contributed by atoms with Crippen LogP contribution in [0.4, 0.5) is 5.69 Å². The molecule has 0 aliphatic carbocycles. The Hall–Kier alpha value is -2.41. The number of hydrogen-bond acceptors (Lipinski definition) is 5. The molecule has 6 nitrogen and oxygen atoms in total. The second-order valence-electron chi connectivity index (χ2n) is 5.63. The van der Waals surface area contributed by atoms with Gasteiger partial charge in [-0.05, 0) is 45.4 Å². The first-order valence-corrected chi connectivity index (χ1v) is 8.57. The van der Waals surface area contributed by atoms with Gasteiger partial charge in [-0.1, -0.05) is 30.0 Å². The van der Waals surface area contributed by atoms with E-state index in [1.807, 2.05) is 58.0 Å². The number of fused-ring (bicyclic) bond motifs is 1. The molecule has 2 heterocycles. The van der Waals surface area contributed by atoms with Gasteiger partial charge in [-0.3, -0.25) is 4.79 Å². The molecular weight excluding hydrogens is 322 g/mol. The summed E-state index contributed by atoms with van der Waals surface area (Å²) in [4.78, 5) is 21.2. The van der Waals surface area contributed by atoms with Crippen molar-refractivity contribution in [2.75, 3.05) is 5.32 Å². The van der Waals surface area contributed by atoms with Crippen LogP contribution in [0.25, 0.3) is 5.78 Å². The summed E-state index contributed by atoms with van der Waals surface area (Å²) in [7, 11) is 0. The van der Waals surface area contributed by atoms with Gasteiger partial charge in [0.1, 0.15) is 0 Å². The van der Waals surface area contributed by atoms with Gasteiger partial charge in [0.2, 0.25) is 11.1 Å². The van der Waals surface area contributed by atoms with Crippen molar-refractivity contribution in [3.63, 3.8) is 0 Å². The molecule has 1 amide bonds. The molecule has 3 aromatic rings. The smallest absolute Gasteiger partial charge is 0.253 e. The van der Waals surface area contributed by atoms with Crippen molar-refractivity contribution in [1.29, 1.82) is 0 Å². The molecule has 24 heavy (non-hydrogen) atoms. The van der Waals surface area contributed by atoms with Crippen LogP contribution in [0.5, 0.6) is 0 Å². The highest BCUT2D eigenvalue weighted by atomic mass is 32.2. The second-order valence-corrected chi connectivity index (χ2v) is 6.94. The summed E-state index contributed by atoms with van der Waals surface area (Å²) in [5, 5.41) is 7.59. The van der Waals surface area contributed by atoms with Crippen LogP contribution in [0.3, 0.4) is 0 Å². The average molecular weight is 341 g/mol. The van der Waals surface area contributed by atoms with Crippen molar-refractivity contribution in [3.05, 3.63) is 47.3 Å². The Labute approximate surface area is 144 Å². The number of carbonyl (C=O) groups is 1. The summed E-state index contributed by atoms with van der Waals surface area (Å²) < 4.78 is 1.73. The molecule has 124 valence electrons. The topological polar surface area (TPSA) is 72.2 Å². The van der Waals surface area contributed by atoms with Crippen molar-refractivity contribution in [2.45, 2.75) is 38.1 Å². The molecule has 0 aliphatic heterocycles. The third-order valence-electron chi connectivity index (χ3n) is 3.93. The zero-order valence-electron chi connectivity index (χ0n) is 14.1. The van der Waals surface area contributed by atoms with E-state index in [-0.39, 0.29) is 11.2 Å². The van der Waals surface area contributed by atoms with Gasteiger partial charge in [-0.2, -0.15) is 4.98 Å². The predicted molar refractivity (Wildman–Crippen MR) is 95.4 cm³/mol. The SMILES string of the molecule is Cc1nc2nc(S[C@H](C)C(=O)Nc3ccccc3)nn2c(C)c1C. The summed E-state index contributed by atoms with van der Waals surface area (Å²) >= 11 is 1.32. The number of benzene rings is 1. The molecule has 0 saturated carbocycles. The van der Waals surface area contributed by atoms with Crippen molar-refractivity contribution in [3.8, 4) is 0 Å². The number of thioether (sulfide) groups is 1. The summed E-state index contributed by atoms with van der Waals surface area (Å²) in [5.74, 6) is 0.482.